The Morgan fingerprint density at radius 3 is 2.71 bits per heavy atom. The van der Waals surface area contributed by atoms with E-state index in [1.807, 2.05) is 12.1 Å². The highest BCUT2D eigenvalue weighted by molar-refractivity contribution is 9.10. The van der Waals surface area contributed by atoms with Crippen LogP contribution in [0.15, 0.2) is 46.9 Å². The fourth-order valence-corrected chi connectivity index (χ4v) is 2.00. The van der Waals surface area contributed by atoms with E-state index in [0.29, 0.717) is 5.75 Å². The van der Waals surface area contributed by atoms with Crippen molar-refractivity contribution < 1.29 is 18.7 Å². The molecule has 2 aromatic rings. The van der Waals surface area contributed by atoms with Crippen molar-refractivity contribution in [3.8, 4) is 5.75 Å². The Morgan fingerprint density at radius 1 is 1.19 bits per heavy atom. The van der Waals surface area contributed by atoms with E-state index >= 15 is 0 Å². The van der Waals surface area contributed by atoms with Crippen molar-refractivity contribution in [1.82, 2.24) is 0 Å². The molecule has 0 fully saturated rings. The van der Waals surface area contributed by atoms with Crippen LogP contribution in [0.3, 0.4) is 0 Å². The van der Waals surface area contributed by atoms with Crippen molar-refractivity contribution in [2.75, 3.05) is 18.9 Å². The molecule has 0 amide bonds. The molecule has 110 valence electrons. The van der Waals surface area contributed by atoms with Crippen molar-refractivity contribution >= 4 is 27.6 Å². The van der Waals surface area contributed by atoms with E-state index in [-0.39, 0.29) is 24.5 Å². The lowest BCUT2D eigenvalue weighted by atomic mass is 10.2. The van der Waals surface area contributed by atoms with Crippen molar-refractivity contribution in [1.29, 1.82) is 0 Å². The quantitative estimate of drug-likeness (QED) is 0.508. The van der Waals surface area contributed by atoms with Crippen molar-refractivity contribution in [3.05, 3.63) is 58.3 Å². The molecule has 0 atom stereocenters. The van der Waals surface area contributed by atoms with Crippen LogP contribution in [-0.2, 0) is 4.74 Å². The number of hydrogen-bond donors (Lipinski definition) is 1. The van der Waals surface area contributed by atoms with E-state index in [1.54, 1.807) is 12.1 Å². The van der Waals surface area contributed by atoms with E-state index < -0.39 is 11.8 Å². The number of hydrogen-bond acceptors (Lipinski definition) is 4. The van der Waals surface area contributed by atoms with Crippen LogP contribution in [0.25, 0.3) is 0 Å². The van der Waals surface area contributed by atoms with E-state index in [0.717, 1.165) is 10.5 Å². The van der Waals surface area contributed by atoms with Crippen molar-refractivity contribution in [2.24, 2.45) is 0 Å². The summed E-state index contributed by atoms with van der Waals surface area (Å²) in [6.07, 6.45) is 0. The first-order valence-electron chi connectivity index (χ1n) is 6.17. The molecule has 6 heteroatoms. The van der Waals surface area contributed by atoms with Crippen LogP contribution < -0.4 is 10.5 Å². The van der Waals surface area contributed by atoms with Gasteiger partial charge in [-0.1, -0.05) is 22.0 Å². The van der Waals surface area contributed by atoms with Gasteiger partial charge < -0.3 is 15.2 Å². The number of anilines is 1. The maximum atomic E-state index is 13.5. The van der Waals surface area contributed by atoms with Crippen LogP contribution in [0.1, 0.15) is 10.4 Å². The molecule has 2 N–H and O–H groups in total. The number of esters is 1. The summed E-state index contributed by atoms with van der Waals surface area (Å²) in [7, 11) is 0. The zero-order valence-electron chi connectivity index (χ0n) is 11.0. The normalized spacial score (nSPS) is 10.2. The molecule has 0 bridgehead atoms. The number of ether oxygens (including phenoxy) is 2. The lowest BCUT2D eigenvalue weighted by Gasteiger charge is -2.08. The summed E-state index contributed by atoms with van der Waals surface area (Å²) in [5.74, 6) is -0.794. The van der Waals surface area contributed by atoms with Gasteiger partial charge in [0.05, 0.1) is 5.56 Å². The Kier molecular flexibility index (Phi) is 5.16. The molecule has 21 heavy (non-hydrogen) atoms. The number of benzene rings is 2. The third-order valence-electron chi connectivity index (χ3n) is 2.59. The Bertz CT molecular complexity index is 649. The maximum Gasteiger partial charge on any atom is 0.341 e. The van der Waals surface area contributed by atoms with Gasteiger partial charge in [-0.3, -0.25) is 0 Å². The summed E-state index contributed by atoms with van der Waals surface area (Å²) in [6.45, 7) is 0.202. The third kappa shape index (κ3) is 4.46. The van der Waals surface area contributed by atoms with E-state index in [4.69, 9.17) is 15.2 Å². The van der Waals surface area contributed by atoms with Gasteiger partial charge in [-0.05, 0) is 36.4 Å². The van der Waals surface area contributed by atoms with Gasteiger partial charge >= 0.3 is 5.97 Å². The average Bonchev–Trinajstić information content (AvgIpc) is 2.43. The molecule has 0 saturated carbocycles. The van der Waals surface area contributed by atoms with Crippen molar-refractivity contribution in [2.45, 2.75) is 0 Å². The second kappa shape index (κ2) is 7.08. The van der Waals surface area contributed by atoms with Crippen LogP contribution >= 0.6 is 15.9 Å². The monoisotopic (exact) mass is 353 g/mol. The fraction of sp³-hybridized carbons (Fsp3) is 0.133. The zero-order valence-corrected chi connectivity index (χ0v) is 12.6. The Hall–Kier alpha value is -2.08. The first-order chi connectivity index (χ1) is 10.1. The molecular formula is C15H13BrFNO3. The molecule has 0 aliphatic rings. The molecule has 0 saturated heterocycles. The summed E-state index contributed by atoms with van der Waals surface area (Å²) in [6, 6.07) is 11.1. The summed E-state index contributed by atoms with van der Waals surface area (Å²) in [4.78, 5) is 11.7. The molecule has 0 unspecified atom stereocenters. The van der Waals surface area contributed by atoms with Gasteiger partial charge in [-0.2, -0.15) is 0 Å². The molecule has 0 aliphatic carbocycles. The van der Waals surface area contributed by atoms with Crippen LogP contribution in [0, 0.1) is 5.82 Å². The lowest BCUT2D eigenvalue weighted by molar-refractivity contribution is 0.0445. The van der Waals surface area contributed by atoms with E-state index in [1.165, 1.54) is 12.1 Å². The molecule has 0 aliphatic heterocycles. The fourth-order valence-electron chi connectivity index (χ4n) is 1.63. The third-order valence-corrected chi connectivity index (χ3v) is 3.09. The Labute approximate surface area is 129 Å². The second-order valence-corrected chi connectivity index (χ2v) is 5.10. The number of carbonyl (C=O) groups excluding carboxylic acids is 1. The molecule has 4 nitrogen and oxygen atoms in total. The number of nitrogens with two attached hydrogens (primary N) is 1. The van der Waals surface area contributed by atoms with Gasteiger partial charge in [0.2, 0.25) is 0 Å². The Morgan fingerprint density at radius 2 is 2.00 bits per heavy atom. The van der Waals surface area contributed by atoms with Crippen molar-refractivity contribution in [3.63, 3.8) is 0 Å². The van der Waals surface area contributed by atoms with Gasteiger partial charge in [0.1, 0.15) is 24.8 Å². The first kappa shape index (κ1) is 15.3. The molecule has 2 rings (SSSR count). The molecule has 0 radical (unpaired) electrons. The smallest absolute Gasteiger partial charge is 0.341 e. The van der Waals surface area contributed by atoms with Gasteiger partial charge in [0, 0.05) is 10.2 Å². The second-order valence-electron chi connectivity index (χ2n) is 4.18. The summed E-state index contributed by atoms with van der Waals surface area (Å²) in [5, 5.41) is 0. The molecule has 0 heterocycles. The first-order valence-corrected chi connectivity index (χ1v) is 6.96. The van der Waals surface area contributed by atoms with Gasteiger partial charge in [0.25, 0.3) is 0 Å². The zero-order chi connectivity index (χ0) is 15.2. The predicted molar refractivity (Wildman–Crippen MR) is 80.7 cm³/mol. The minimum Gasteiger partial charge on any atom is -0.490 e. The molecule has 0 spiro atoms. The van der Waals surface area contributed by atoms with Gasteiger partial charge in [-0.15, -0.1) is 0 Å². The largest absolute Gasteiger partial charge is 0.490 e. The lowest BCUT2D eigenvalue weighted by Crippen LogP contribution is -2.13. The molecule has 2 aromatic carbocycles. The highest BCUT2D eigenvalue weighted by Crippen LogP contribution is 2.17. The van der Waals surface area contributed by atoms with Crippen LogP contribution in [0.5, 0.6) is 5.75 Å². The molecular weight excluding hydrogens is 341 g/mol. The number of carbonyl (C=O) groups is 1. The summed E-state index contributed by atoms with van der Waals surface area (Å²) >= 11 is 3.32. The number of halogens is 2. The summed E-state index contributed by atoms with van der Waals surface area (Å²) < 4.78 is 24.7. The Balaban J connectivity index is 1.82. The number of nitrogen functional groups attached to an aromatic ring is 1. The standard InChI is InChI=1S/C15H13BrFNO3/c16-10-2-1-3-12(8-10)20-6-7-21-15(19)13-5-4-11(18)9-14(13)17/h1-5,8-9H,6-7,18H2. The minimum absolute atomic E-state index is 0.0230. The summed E-state index contributed by atoms with van der Waals surface area (Å²) in [5.41, 5.74) is 5.52. The van der Waals surface area contributed by atoms with Crippen LogP contribution in [0.2, 0.25) is 0 Å². The van der Waals surface area contributed by atoms with E-state index in [9.17, 15) is 9.18 Å². The van der Waals surface area contributed by atoms with Crippen LogP contribution in [-0.4, -0.2) is 19.2 Å². The van der Waals surface area contributed by atoms with Crippen LogP contribution in [0.4, 0.5) is 10.1 Å². The molecule has 0 aromatic heterocycles. The SMILES string of the molecule is Nc1ccc(C(=O)OCCOc2cccc(Br)c2)c(F)c1. The minimum atomic E-state index is -0.745. The number of rotatable bonds is 5. The highest BCUT2D eigenvalue weighted by Gasteiger charge is 2.13. The van der Waals surface area contributed by atoms with E-state index in [2.05, 4.69) is 15.9 Å². The predicted octanol–water partition coefficient (Wildman–Crippen LogP) is 3.41. The topological polar surface area (TPSA) is 61.6 Å². The average molecular weight is 354 g/mol. The van der Waals surface area contributed by atoms with Gasteiger partial charge in [0.15, 0.2) is 0 Å². The maximum absolute atomic E-state index is 13.5. The van der Waals surface area contributed by atoms with Gasteiger partial charge in [-0.25, -0.2) is 9.18 Å². The highest BCUT2D eigenvalue weighted by atomic mass is 79.9.